The molecule has 1 atom stereocenters. The summed E-state index contributed by atoms with van der Waals surface area (Å²) in [6.07, 6.45) is 3.04. The molecule has 0 unspecified atom stereocenters. The fourth-order valence-corrected chi connectivity index (χ4v) is 3.12. The number of hydrogen-bond donors (Lipinski definition) is 2. The Morgan fingerprint density at radius 2 is 1.96 bits per heavy atom. The van der Waals surface area contributed by atoms with Crippen LogP contribution in [0.4, 0.5) is 10.1 Å². The van der Waals surface area contributed by atoms with E-state index in [1.165, 1.54) is 12.1 Å². The van der Waals surface area contributed by atoms with Crippen LogP contribution in [0.2, 0.25) is 5.02 Å². The molecule has 0 spiro atoms. The Morgan fingerprint density at radius 3 is 2.64 bits per heavy atom. The smallest absolute Gasteiger partial charge is 0.244 e. The number of benzene rings is 2. The molecule has 3 rings (SSSR count). The van der Waals surface area contributed by atoms with Crippen LogP contribution in [-0.2, 0) is 9.53 Å². The Morgan fingerprint density at radius 1 is 1.25 bits per heavy atom. The van der Waals surface area contributed by atoms with Gasteiger partial charge in [-0.25, -0.2) is 4.39 Å². The molecule has 1 saturated heterocycles. The predicted octanol–water partition coefficient (Wildman–Crippen LogP) is 3.18. The molecule has 2 N–H and O–H groups in total. The van der Waals surface area contributed by atoms with Gasteiger partial charge in [-0.05, 0) is 41.5 Å². The molecule has 2 aromatic rings. The lowest BCUT2D eigenvalue weighted by Crippen LogP contribution is -2.37. The first kappa shape index (κ1) is 20.3. The van der Waals surface area contributed by atoms with Gasteiger partial charge in [-0.3, -0.25) is 4.79 Å². The van der Waals surface area contributed by atoms with Gasteiger partial charge in [0.25, 0.3) is 0 Å². The summed E-state index contributed by atoms with van der Waals surface area (Å²) in [6, 6.07) is 11.0. The van der Waals surface area contributed by atoms with Crippen molar-refractivity contribution in [3.05, 3.63) is 70.5 Å². The second-order valence-electron chi connectivity index (χ2n) is 6.44. The molecule has 0 aromatic heterocycles. The lowest BCUT2D eigenvalue weighted by molar-refractivity contribution is -0.117. The number of hydrogen-bond acceptors (Lipinski definition) is 4. The number of aliphatic hydroxyl groups is 1. The maximum atomic E-state index is 14.3. The molecule has 1 aliphatic rings. The molecule has 0 radical (unpaired) electrons. The summed E-state index contributed by atoms with van der Waals surface area (Å²) in [5.74, 6) is -0.692. The van der Waals surface area contributed by atoms with Crippen LogP contribution >= 0.6 is 11.6 Å². The number of rotatable bonds is 6. The highest BCUT2D eigenvalue weighted by atomic mass is 35.5. The molecule has 7 heteroatoms. The third-order valence-corrected chi connectivity index (χ3v) is 4.77. The Bertz CT molecular complexity index is 836. The van der Waals surface area contributed by atoms with Crippen molar-refractivity contribution in [3.8, 4) is 0 Å². The highest BCUT2D eigenvalue weighted by Crippen LogP contribution is 2.25. The molecule has 28 heavy (non-hydrogen) atoms. The number of morpholine rings is 1. The van der Waals surface area contributed by atoms with E-state index in [1.54, 1.807) is 42.5 Å². The molecule has 2 aromatic carbocycles. The molecular weight excluding hydrogens is 383 g/mol. The van der Waals surface area contributed by atoms with E-state index in [0.717, 1.165) is 5.56 Å². The van der Waals surface area contributed by atoms with Crippen molar-refractivity contribution < 1.29 is 19.0 Å². The van der Waals surface area contributed by atoms with E-state index >= 15 is 0 Å². The normalized spacial score (nSPS) is 15.6. The van der Waals surface area contributed by atoms with Crippen LogP contribution in [0.15, 0.2) is 48.5 Å². The van der Waals surface area contributed by atoms with E-state index in [-0.39, 0.29) is 18.3 Å². The number of nitrogens with zero attached hydrogens (tertiary/aromatic N) is 1. The molecule has 0 bridgehead atoms. The predicted molar refractivity (Wildman–Crippen MR) is 108 cm³/mol. The minimum absolute atomic E-state index is 0.297. The van der Waals surface area contributed by atoms with Gasteiger partial charge in [-0.2, -0.15) is 0 Å². The summed E-state index contributed by atoms with van der Waals surface area (Å²) in [7, 11) is 0. The average Bonchev–Trinajstić information content (AvgIpc) is 2.73. The van der Waals surface area contributed by atoms with Crippen molar-refractivity contribution in [2.24, 2.45) is 0 Å². The van der Waals surface area contributed by atoms with E-state index < -0.39 is 6.04 Å². The van der Waals surface area contributed by atoms with E-state index in [1.807, 2.05) is 4.90 Å². The van der Waals surface area contributed by atoms with Gasteiger partial charge in [-0.15, -0.1) is 0 Å². The summed E-state index contributed by atoms with van der Waals surface area (Å²) < 4.78 is 19.6. The second-order valence-corrected chi connectivity index (χ2v) is 6.88. The molecular formula is C21H22ClFN2O3. The zero-order valence-electron chi connectivity index (χ0n) is 15.3. The van der Waals surface area contributed by atoms with Gasteiger partial charge in [0.05, 0.1) is 31.5 Å². The average molecular weight is 405 g/mol. The van der Waals surface area contributed by atoms with Crippen LogP contribution < -0.4 is 10.2 Å². The largest absolute Gasteiger partial charge is 0.394 e. The molecule has 1 aliphatic heterocycles. The van der Waals surface area contributed by atoms with Gasteiger partial charge < -0.3 is 20.1 Å². The van der Waals surface area contributed by atoms with Crippen LogP contribution in [0.3, 0.4) is 0 Å². The highest BCUT2D eigenvalue weighted by molar-refractivity contribution is 6.30. The number of carbonyl (C=O) groups is 1. The van der Waals surface area contributed by atoms with E-state index in [9.17, 15) is 14.3 Å². The van der Waals surface area contributed by atoms with Crippen LogP contribution in [0.25, 0.3) is 6.08 Å². The van der Waals surface area contributed by atoms with Crippen molar-refractivity contribution in [1.82, 2.24) is 5.32 Å². The van der Waals surface area contributed by atoms with Crippen molar-refractivity contribution in [2.75, 3.05) is 37.8 Å². The van der Waals surface area contributed by atoms with Crippen LogP contribution in [0, 0.1) is 5.82 Å². The maximum Gasteiger partial charge on any atom is 0.244 e. The van der Waals surface area contributed by atoms with E-state index in [4.69, 9.17) is 16.3 Å². The van der Waals surface area contributed by atoms with Gasteiger partial charge in [0.15, 0.2) is 0 Å². The van der Waals surface area contributed by atoms with Crippen LogP contribution in [0.1, 0.15) is 17.2 Å². The first-order valence-electron chi connectivity index (χ1n) is 9.04. The van der Waals surface area contributed by atoms with Gasteiger partial charge in [-0.1, -0.05) is 29.8 Å². The highest BCUT2D eigenvalue weighted by Gasteiger charge is 2.19. The minimum atomic E-state index is -0.636. The number of ether oxygens (including phenoxy) is 1. The van der Waals surface area contributed by atoms with Crippen molar-refractivity contribution >= 4 is 29.3 Å². The van der Waals surface area contributed by atoms with Gasteiger partial charge in [0, 0.05) is 24.2 Å². The van der Waals surface area contributed by atoms with E-state index in [0.29, 0.717) is 42.6 Å². The number of carbonyl (C=O) groups excluding carboxylic acids is 1. The molecule has 0 aliphatic carbocycles. The standard InChI is InChI=1S/C21H22ClFN2O3/c22-17-5-1-15(2-6-17)3-8-21(27)24-19(14-26)16-4-7-18(23)20(13-16)25-9-11-28-12-10-25/h1-8,13,19,26H,9-12,14H2,(H,24,27)/b8-3+/t19-/m0/s1. The third-order valence-electron chi connectivity index (χ3n) is 4.52. The van der Waals surface area contributed by atoms with Crippen molar-refractivity contribution in [1.29, 1.82) is 0 Å². The van der Waals surface area contributed by atoms with Crippen molar-refractivity contribution in [3.63, 3.8) is 0 Å². The SMILES string of the molecule is O=C(/C=C/c1ccc(Cl)cc1)N[C@@H](CO)c1ccc(F)c(N2CCOCC2)c1. The first-order valence-corrected chi connectivity index (χ1v) is 9.42. The monoisotopic (exact) mass is 404 g/mol. The summed E-state index contributed by atoms with van der Waals surface area (Å²) in [5.41, 5.74) is 1.92. The van der Waals surface area contributed by atoms with Gasteiger partial charge in [0.2, 0.25) is 5.91 Å². The number of amides is 1. The summed E-state index contributed by atoms with van der Waals surface area (Å²) in [5, 5.41) is 13.1. The minimum Gasteiger partial charge on any atom is -0.394 e. The number of aliphatic hydroxyl groups excluding tert-OH is 1. The first-order chi connectivity index (χ1) is 13.6. The second kappa shape index (κ2) is 9.68. The Kier molecular flexibility index (Phi) is 7.03. The maximum absolute atomic E-state index is 14.3. The van der Waals surface area contributed by atoms with E-state index in [2.05, 4.69) is 5.32 Å². The molecule has 1 fully saturated rings. The fraction of sp³-hybridized carbons (Fsp3) is 0.286. The lowest BCUT2D eigenvalue weighted by atomic mass is 10.1. The zero-order valence-corrected chi connectivity index (χ0v) is 16.0. The van der Waals surface area contributed by atoms with Crippen molar-refractivity contribution in [2.45, 2.75) is 6.04 Å². The van der Waals surface area contributed by atoms with Crippen LogP contribution in [0.5, 0.6) is 0 Å². The quantitative estimate of drug-likeness (QED) is 0.726. The number of anilines is 1. The summed E-state index contributed by atoms with van der Waals surface area (Å²) in [4.78, 5) is 14.1. The number of nitrogens with one attached hydrogen (secondary N) is 1. The summed E-state index contributed by atoms with van der Waals surface area (Å²) >= 11 is 5.84. The summed E-state index contributed by atoms with van der Waals surface area (Å²) in [6.45, 7) is 1.98. The van der Waals surface area contributed by atoms with Crippen LogP contribution in [-0.4, -0.2) is 43.9 Å². The lowest BCUT2D eigenvalue weighted by Gasteiger charge is -2.30. The number of halogens is 2. The Hall–Kier alpha value is -2.41. The third kappa shape index (κ3) is 5.32. The van der Waals surface area contributed by atoms with Gasteiger partial charge in [0.1, 0.15) is 5.82 Å². The Labute approximate surface area is 168 Å². The Balaban J connectivity index is 1.70. The topological polar surface area (TPSA) is 61.8 Å². The zero-order chi connectivity index (χ0) is 19.9. The molecule has 1 heterocycles. The molecule has 0 saturated carbocycles. The molecule has 148 valence electrons. The fourth-order valence-electron chi connectivity index (χ4n) is 2.99. The molecule has 1 amide bonds. The molecule has 5 nitrogen and oxygen atoms in total. The van der Waals surface area contributed by atoms with Gasteiger partial charge >= 0.3 is 0 Å².